The zero-order chi connectivity index (χ0) is 24.2. The fourth-order valence-electron chi connectivity index (χ4n) is 7.83. The Morgan fingerprint density at radius 1 is 1.06 bits per heavy atom. The first-order valence-electron chi connectivity index (χ1n) is 14.2. The molecule has 196 valence electrons. The fraction of sp³-hybridized carbons (Fsp3) is 0.964. The molecule has 6 heteroatoms. The van der Waals surface area contributed by atoms with Crippen molar-refractivity contribution < 1.29 is 14.6 Å². The van der Waals surface area contributed by atoms with E-state index in [9.17, 15) is 9.90 Å². The molecule has 4 atom stereocenters. The summed E-state index contributed by atoms with van der Waals surface area (Å²) in [5.74, 6) is 1.45. The predicted molar refractivity (Wildman–Crippen MR) is 137 cm³/mol. The van der Waals surface area contributed by atoms with Gasteiger partial charge in [0.05, 0.1) is 18.8 Å². The van der Waals surface area contributed by atoms with Crippen molar-refractivity contribution in [1.29, 1.82) is 0 Å². The number of nitrogens with one attached hydrogen (secondary N) is 2. The third-order valence-corrected chi connectivity index (χ3v) is 9.88. The van der Waals surface area contributed by atoms with Crippen LogP contribution in [0, 0.1) is 22.7 Å². The van der Waals surface area contributed by atoms with E-state index in [0.717, 1.165) is 84.0 Å². The minimum atomic E-state index is -0.579. The highest BCUT2D eigenvalue weighted by Crippen LogP contribution is 2.63. The van der Waals surface area contributed by atoms with Crippen LogP contribution in [0.1, 0.15) is 91.4 Å². The first kappa shape index (κ1) is 26.4. The molecular formula is C28H51N3O3. The van der Waals surface area contributed by atoms with Gasteiger partial charge >= 0.3 is 0 Å². The standard InChI is InChI=1S/C28H51N3O3/c1-26(2)20-24(30-21-22-7-5-4-6-8-22)28(12-11-27(3,33)19-23(26)28)10-9-25(32)29-13-14-31-15-17-34-18-16-31/h22-24,30,33H,4-21H2,1-3H3,(H,29,32). The van der Waals surface area contributed by atoms with E-state index in [4.69, 9.17) is 4.74 Å². The van der Waals surface area contributed by atoms with Gasteiger partial charge in [-0.1, -0.05) is 33.1 Å². The number of hydrogen-bond donors (Lipinski definition) is 3. The summed E-state index contributed by atoms with van der Waals surface area (Å²) >= 11 is 0. The van der Waals surface area contributed by atoms with Crippen LogP contribution in [0.4, 0.5) is 0 Å². The lowest BCUT2D eigenvalue weighted by Crippen LogP contribution is -2.52. The Kier molecular flexibility index (Phi) is 8.65. The van der Waals surface area contributed by atoms with Crippen LogP contribution in [0.15, 0.2) is 0 Å². The second-order valence-corrected chi connectivity index (χ2v) is 12.9. The second kappa shape index (κ2) is 11.1. The van der Waals surface area contributed by atoms with E-state index in [-0.39, 0.29) is 16.7 Å². The maximum atomic E-state index is 12.9. The molecule has 3 saturated carbocycles. The molecule has 4 unspecified atom stereocenters. The fourth-order valence-corrected chi connectivity index (χ4v) is 7.83. The Morgan fingerprint density at radius 3 is 2.53 bits per heavy atom. The van der Waals surface area contributed by atoms with Crippen LogP contribution >= 0.6 is 0 Å². The quantitative estimate of drug-likeness (QED) is 0.472. The van der Waals surface area contributed by atoms with Crippen LogP contribution in [0.25, 0.3) is 0 Å². The van der Waals surface area contributed by atoms with Crippen molar-refractivity contribution in [3.8, 4) is 0 Å². The van der Waals surface area contributed by atoms with Gasteiger partial charge in [-0.25, -0.2) is 0 Å². The minimum absolute atomic E-state index is 0.113. The van der Waals surface area contributed by atoms with E-state index in [1.165, 1.54) is 32.1 Å². The number of ether oxygens (including phenoxy) is 1. The van der Waals surface area contributed by atoms with E-state index in [1.54, 1.807) is 0 Å². The van der Waals surface area contributed by atoms with Crippen LogP contribution in [0.3, 0.4) is 0 Å². The monoisotopic (exact) mass is 477 g/mol. The number of rotatable bonds is 9. The number of hydrogen-bond acceptors (Lipinski definition) is 5. The SMILES string of the molecule is CC1(O)CCC2(CCC(=O)NCCN3CCOCC3)C(NCC3CCCCC3)CC(C)(C)C2C1. The largest absolute Gasteiger partial charge is 0.390 e. The zero-order valence-electron chi connectivity index (χ0n) is 22.2. The summed E-state index contributed by atoms with van der Waals surface area (Å²) in [5.41, 5.74) is -0.284. The van der Waals surface area contributed by atoms with Gasteiger partial charge in [-0.2, -0.15) is 0 Å². The molecule has 4 rings (SSSR count). The molecule has 0 spiro atoms. The highest BCUT2D eigenvalue weighted by molar-refractivity contribution is 5.75. The van der Waals surface area contributed by atoms with E-state index in [2.05, 4.69) is 29.4 Å². The molecule has 4 fully saturated rings. The Balaban J connectivity index is 1.37. The lowest BCUT2D eigenvalue weighted by atomic mass is 9.57. The molecule has 0 bridgehead atoms. The van der Waals surface area contributed by atoms with Gasteiger partial charge in [0, 0.05) is 38.6 Å². The van der Waals surface area contributed by atoms with Crippen molar-refractivity contribution in [2.24, 2.45) is 22.7 Å². The number of carbonyl (C=O) groups is 1. The van der Waals surface area contributed by atoms with Gasteiger partial charge in [0.15, 0.2) is 0 Å². The third kappa shape index (κ3) is 6.35. The lowest BCUT2D eigenvalue weighted by molar-refractivity contribution is -0.123. The van der Waals surface area contributed by atoms with E-state index < -0.39 is 5.60 Å². The van der Waals surface area contributed by atoms with Crippen LogP contribution in [-0.4, -0.2) is 73.5 Å². The van der Waals surface area contributed by atoms with Crippen molar-refractivity contribution in [2.45, 2.75) is 103 Å². The maximum absolute atomic E-state index is 12.9. The summed E-state index contributed by atoms with van der Waals surface area (Å²) in [4.78, 5) is 15.3. The summed E-state index contributed by atoms with van der Waals surface area (Å²) in [7, 11) is 0. The van der Waals surface area contributed by atoms with Gasteiger partial charge in [0.1, 0.15) is 0 Å². The van der Waals surface area contributed by atoms with Gasteiger partial charge in [-0.05, 0) is 81.1 Å². The topological polar surface area (TPSA) is 73.8 Å². The highest BCUT2D eigenvalue weighted by atomic mass is 16.5. The molecule has 0 aromatic heterocycles. The van der Waals surface area contributed by atoms with Gasteiger partial charge in [-0.15, -0.1) is 0 Å². The van der Waals surface area contributed by atoms with Crippen LogP contribution in [0.5, 0.6) is 0 Å². The molecule has 1 amide bonds. The summed E-state index contributed by atoms with van der Waals surface area (Å²) < 4.78 is 5.42. The predicted octanol–water partition coefficient (Wildman–Crippen LogP) is 3.72. The van der Waals surface area contributed by atoms with Crippen molar-refractivity contribution in [2.75, 3.05) is 45.9 Å². The Morgan fingerprint density at radius 2 is 1.79 bits per heavy atom. The molecule has 3 aliphatic carbocycles. The van der Waals surface area contributed by atoms with Crippen LogP contribution < -0.4 is 10.6 Å². The van der Waals surface area contributed by atoms with Crippen LogP contribution in [0.2, 0.25) is 0 Å². The van der Waals surface area contributed by atoms with Crippen molar-refractivity contribution >= 4 is 5.91 Å². The Hall–Kier alpha value is -0.690. The molecule has 1 aliphatic heterocycles. The highest BCUT2D eigenvalue weighted by Gasteiger charge is 2.61. The normalized spacial score (nSPS) is 36.8. The zero-order valence-corrected chi connectivity index (χ0v) is 22.2. The third-order valence-electron chi connectivity index (χ3n) is 9.88. The number of aliphatic hydroxyl groups is 1. The first-order chi connectivity index (χ1) is 16.2. The van der Waals surface area contributed by atoms with E-state index >= 15 is 0 Å². The molecule has 0 aromatic rings. The minimum Gasteiger partial charge on any atom is -0.390 e. The molecule has 6 nitrogen and oxygen atoms in total. The van der Waals surface area contributed by atoms with Gasteiger partial charge in [0.25, 0.3) is 0 Å². The molecule has 0 aromatic carbocycles. The van der Waals surface area contributed by atoms with Crippen molar-refractivity contribution in [1.82, 2.24) is 15.5 Å². The molecule has 0 radical (unpaired) electrons. The van der Waals surface area contributed by atoms with Gasteiger partial charge in [0.2, 0.25) is 5.91 Å². The summed E-state index contributed by atoms with van der Waals surface area (Å²) in [6.45, 7) is 13.1. The Bertz CT molecular complexity index is 670. The number of fused-ring (bicyclic) bond motifs is 1. The summed E-state index contributed by atoms with van der Waals surface area (Å²) in [5, 5.41) is 18.2. The Labute approximate surface area is 207 Å². The molecule has 1 saturated heterocycles. The average Bonchev–Trinajstić information content (AvgIpc) is 3.03. The van der Waals surface area contributed by atoms with E-state index in [1.807, 2.05) is 6.92 Å². The average molecular weight is 478 g/mol. The molecule has 1 heterocycles. The number of nitrogens with zero attached hydrogens (tertiary/aromatic N) is 1. The second-order valence-electron chi connectivity index (χ2n) is 12.9. The summed E-state index contributed by atoms with van der Waals surface area (Å²) in [6, 6.07) is 0.451. The van der Waals surface area contributed by atoms with Crippen molar-refractivity contribution in [3.05, 3.63) is 0 Å². The molecule has 3 N–H and O–H groups in total. The summed E-state index contributed by atoms with van der Waals surface area (Å²) in [6.07, 6.45) is 12.3. The van der Waals surface area contributed by atoms with E-state index in [0.29, 0.717) is 18.4 Å². The maximum Gasteiger partial charge on any atom is 0.220 e. The number of morpholine rings is 1. The van der Waals surface area contributed by atoms with Gasteiger partial charge in [-0.3, -0.25) is 9.69 Å². The van der Waals surface area contributed by atoms with Crippen molar-refractivity contribution in [3.63, 3.8) is 0 Å². The number of amides is 1. The lowest BCUT2D eigenvalue weighted by Gasteiger charge is -2.51. The van der Waals surface area contributed by atoms with Gasteiger partial charge < -0.3 is 20.5 Å². The molecule has 34 heavy (non-hydrogen) atoms. The molecular weight excluding hydrogens is 426 g/mol. The molecule has 4 aliphatic rings. The smallest absolute Gasteiger partial charge is 0.220 e. The first-order valence-corrected chi connectivity index (χ1v) is 14.2. The van der Waals surface area contributed by atoms with Crippen LogP contribution in [-0.2, 0) is 9.53 Å². The number of carbonyl (C=O) groups excluding carboxylic acids is 1.